The van der Waals surface area contributed by atoms with Crippen LogP contribution in [0.2, 0.25) is 5.28 Å². The fraction of sp³-hybridized carbons (Fsp3) is 0.545. The van der Waals surface area contributed by atoms with E-state index in [1.807, 2.05) is 4.90 Å². The number of hydrogen-bond acceptors (Lipinski definition) is 6. The topological polar surface area (TPSA) is 67.8 Å². The van der Waals surface area contributed by atoms with Gasteiger partial charge in [-0.15, -0.1) is 0 Å². The van der Waals surface area contributed by atoms with Crippen LogP contribution in [0.5, 0.6) is 5.75 Å². The van der Waals surface area contributed by atoms with Crippen molar-refractivity contribution in [2.45, 2.75) is 0 Å². The number of amides is 1. The molecule has 0 bridgehead atoms. The molecule has 3 rings (SSSR count). The molecule has 7 nitrogen and oxygen atoms in total. The monoisotopic (exact) mass is 284 g/mol. The summed E-state index contributed by atoms with van der Waals surface area (Å²) in [6.07, 6.45) is 0. The van der Waals surface area contributed by atoms with E-state index in [0.29, 0.717) is 43.7 Å². The molecule has 3 heterocycles. The summed E-state index contributed by atoms with van der Waals surface area (Å²) in [5, 5.41) is 0.102. The summed E-state index contributed by atoms with van der Waals surface area (Å²) in [5.41, 5.74) is 0. The molecule has 0 N–H and O–H groups in total. The highest BCUT2D eigenvalue weighted by Gasteiger charge is 2.30. The lowest BCUT2D eigenvalue weighted by Gasteiger charge is -2.32. The van der Waals surface area contributed by atoms with Crippen LogP contribution >= 0.6 is 11.6 Å². The third-order valence-electron chi connectivity index (χ3n) is 3.14. The molecular formula is C11H13ClN4O3. The van der Waals surface area contributed by atoms with Crippen molar-refractivity contribution >= 4 is 29.1 Å². The zero-order valence-electron chi connectivity index (χ0n) is 10.4. The Hall–Kier alpha value is -1.60. The van der Waals surface area contributed by atoms with E-state index in [4.69, 9.17) is 21.1 Å². The zero-order valence-corrected chi connectivity index (χ0v) is 11.2. The molecule has 8 heteroatoms. The molecule has 2 aliphatic heterocycles. The van der Waals surface area contributed by atoms with Crippen molar-refractivity contribution in [3.63, 3.8) is 0 Å². The summed E-state index contributed by atoms with van der Waals surface area (Å²) in [6.45, 7) is 2.67. The van der Waals surface area contributed by atoms with Gasteiger partial charge in [0.2, 0.25) is 11.0 Å². The fourth-order valence-corrected chi connectivity index (χ4v) is 2.26. The number of anilines is 2. The number of hydrogen-bond donors (Lipinski definition) is 0. The minimum absolute atomic E-state index is 0.00810. The van der Waals surface area contributed by atoms with E-state index in [2.05, 4.69) is 9.97 Å². The Balaban J connectivity index is 2.04. The summed E-state index contributed by atoms with van der Waals surface area (Å²) >= 11 is 5.94. The standard InChI is InChI=1S/C11H13ClN4O3/c1-15-7(17)6-19-8-9(15)13-11(12)14-10(8)16-2-4-18-5-3-16/h2-6H2,1H3. The highest BCUT2D eigenvalue weighted by Crippen LogP contribution is 2.38. The van der Waals surface area contributed by atoms with Crippen molar-refractivity contribution in [1.82, 2.24) is 9.97 Å². The third kappa shape index (κ3) is 2.19. The van der Waals surface area contributed by atoms with Gasteiger partial charge in [-0.3, -0.25) is 9.69 Å². The predicted octanol–water partition coefficient (Wildman–Crippen LogP) is 0.322. The van der Waals surface area contributed by atoms with Crippen LogP contribution in [0.25, 0.3) is 0 Å². The van der Waals surface area contributed by atoms with Gasteiger partial charge in [-0.05, 0) is 11.6 Å². The van der Waals surface area contributed by atoms with E-state index in [1.54, 1.807) is 7.05 Å². The molecule has 0 unspecified atom stereocenters. The van der Waals surface area contributed by atoms with Crippen LogP contribution in [0.3, 0.4) is 0 Å². The summed E-state index contributed by atoms with van der Waals surface area (Å²) in [5.74, 6) is 1.39. The number of carbonyl (C=O) groups is 1. The zero-order chi connectivity index (χ0) is 13.4. The minimum Gasteiger partial charge on any atom is -0.476 e. The first-order chi connectivity index (χ1) is 9.16. The average molecular weight is 285 g/mol. The van der Waals surface area contributed by atoms with Gasteiger partial charge in [0, 0.05) is 20.1 Å². The number of morpholine rings is 1. The Labute approximate surface area is 115 Å². The molecule has 1 fully saturated rings. The van der Waals surface area contributed by atoms with Crippen LogP contribution < -0.4 is 14.5 Å². The molecule has 1 saturated heterocycles. The van der Waals surface area contributed by atoms with Crippen molar-refractivity contribution in [3.8, 4) is 5.75 Å². The highest BCUT2D eigenvalue weighted by molar-refractivity contribution is 6.28. The first kappa shape index (κ1) is 12.4. The van der Waals surface area contributed by atoms with E-state index in [1.165, 1.54) is 4.90 Å². The largest absolute Gasteiger partial charge is 0.476 e. The number of halogens is 1. The minimum atomic E-state index is -0.157. The smallest absolute Gasteiger partial charge is 0.265 e. The summed E-state index contributed by atoms with van der Waals surface area (Å²) in [4.78, 5) is 23.4. The quantitative estimate of drug-likeness (QED) is 0.692. The van der Waals surface area contributed by atoms with Crippen LogP contribution in [0.4, 0.5) is 11.6 Å². The van der Waals surface area contributed by atoms with E-state index >= 15 is 0 Å². The lowest BCUT2D eigenvalue weighted by Crippen LogP contribution is -2.40. The SMILES string of the molecule is CN1C(=O)COc2c(N3CCOCC3)nc(Cl)nc21. The van der Waals surface area contributed by atoms with Gasteiger partial charge in [0.1, 0.15) is 0 Å². The molecule has 0 aliphatic carbocycles. The fourth-order valence-electron chi connectivity index (χ4n) is 2.10. The van der Waals surface area contributed by atoms with Gasteiger partial charge in [-0.25, -0.2) is 0 Å². The van der Waals surface area contributed by atoms with Crippen LogP contribution in [0.1, 0.15) is 0 Å². The van der Waals surface area contributed by atoms with Gasteiger partial charge < -0.3 is 14.4 Å². The van der Waals surface area contributed by atoms with E-state index in [-0.39, 0.29) is 17.8 Å². The van der Waals surface area contributed by atoms with Crippen molar-refractivity contribution in [3.05, 3.63) is 5.28 Å². The Bertz CT molecular complexity index is 519. The number of fused-ring (bicyclic) bond motifs is 1. The first-order valence-electron chi connectivity index (χ1n) is 5.96. The van der Waals surface area contributed by atoms with E-state index < -0.39 is 0 Å². The molecule has 0 atom stereocenters. The third-order valence-corrected chi connectivity index (χ3v) is 3.31. The molecule has 2 aliphatic rings. The van der Waals surface area contributed by atoms with Crippen LogP contribution in [-0.4, -0.2) is 55.8 Å². The molecule has 0 aromatic carbocycles. The molecule has 1 amide bonds. The molecule has 0 spiro atoms. The van der Waals surface area contributed by atoms with Gasteiger partial charge in [0.25, 0.3) is 5.91 Å². The molecule has 0 radical (unpaired) electrons. The van der Waals surface area contributed by atoms with Crippen molar-refractivity contribution in [1.29, 1.82) is 0 Å². The number of nitrogens with zero attached hydrogens (tertiary/aromatic N) is 4. The maximum absolute atomic E-state index is 11.6. The predicted molar refractivity (Wildman–Crippen MR) is 69.0 cm³/mol. The van der Waals surface area contributed by atoms with E-state index in [0.717, 1.165) is 0 Å². The Morgan fingerprint density at radius 1 is 1.21 bits per heavy atom. The first-order valence-corrected chi connectivity index (χ1v) is 6.34. The lowest BCUT2D eigenvalue weighted by atomic mass is 10.3. The Kier molecular flexibility index (Phi) is 3.16. The van der Waals surface area contributed by atoms with Gasteiger partial charge in [0.05, 0.1) is 13.2 Å². The molecule has 0 saturated carbocycles. The lowest BCUT2D eigenvalue weighted by molar-refractivity contribution is -0.121. The molecule has 19 heavy (non-hydrogen) atoms. The van der Waals surface area contributed by atoms with E-state index in [9.17, 15) is 4.79 Å². The van der Waals surface area contributed by atoms with Crippen molar-refractivity contribution in [2.24, 2.45) is 0 Å². The summed E-state index contributed by atoms with van der Waals surface area (Å²) in [6, 6.07) is 0. The van der Waals surface area contributed by atoms with Crippen molar-refractivity contribution < 1.29 is 14.3 Å². The normalized spacial score (nSPS) is 19.2. The van der Waals surface area contributed by atoms with Crippen molar-refractivity contribution in [2.75, 3.05) is 49.8 Å². The molecule has 1 aromatic rings. The number of carbonyl (C=O) groups excluding carboxylic acids is 1. The second-order valence-corrected chi connectivity index (χ2v) is 4.65. The summed E-state index contributed by atoms with van der Waals surface area (Å²) < 4.78 is 10.8. The van der Waals surface area contributed by atoms with Gasteiger partial charge in [0.15, 0.2) is 18.2 Å². The molecular weight excluding hydrogens is 272 g/mol. The second-order valence-electron chi connectivity index (χ2n) is 4.31. The van der Waals surface area contributed by atoms with Crippen LogP contribution in [0, 0.1) is 0 Å². The highest BCUT2D eigenvalue weighted by atomic mass is 35.5. The Morgan fingerprint density at radius 2 is 1.89 bits per heavy atom. The van der Waals surface area contributed by atoms with Gasteiger partial charge in [-0.2, -0.15) is 9.97 Å². The Morgan fingerprint density at radius 3 is 2.63 bits per heavy atom. The maximum Gasteiger partial charge on any atom is 0.265 e. The van der Waals surface area contributed by atoms with Gasteiger partial charge in [-0.1, -0.05) is 0 Å². The second kappa shape index (κ2) is 4.82. The maximum atomic E-state index is 11.6. The average Bonchev–Trinajstić information content (AvgIpc) is 2.44. The number of rotatable bonds is 1. The van der Waals surface area contributed by atoms with Crippen LogP contribution in [-0.2, 0) is 9.53 Å². The number of likely N-dealkylation sites (N-methyl/N-ethyl adjacent to an activating group) is 1. The number of aromatic nitrogens is 2. The number of ether oxygens (including phenoxy) is 2. The van der Waals surface area contributed by atoms with Gasteiger partial charge >= 0.3 is 0 Å². The molecule has 102 valence electrons. The van der Waals surface area contributed by atoms with Crippen LogP contribution in [0.15, 0.2) is 0 Å². The molecule has 1 aromatic heterocycles. The summed E-state index contributed by atoms with van der Waals surface area (Å²) in [7, 11) is 1.65.